The van der Waals surface area contributed by atoms with Gasteiger partial charge in [-0.2, -0.15) is 0 Å². The van der Waals surface area contributed by atoms with Crippen molar-refractivity contribution < 1.29 is 4.79 Å². The molecule has 2 rings (SSSR count). The Kier molecular flexibility index (Phi) is 3.03. The van der Waals surface area contributed by atoms with Crippen molar-refractivity contribution in [2.75, 3.05) is 0 Å². The lowest BCUT2D eigenvalue weighted by atomic mass is 9.67. The third kappa shape index (κ3) is 2.19. The largest absolute Gasteiger partial charge is 0.353 e. The van der Waals surface area contributed by atoms with Crippen LogP contribution in [0.4, 0.5) is 0 Å². The number of carbonyl (C=O) groups is 1. The summed E-state index contributed by atoms with van der Waals surface area (Å²) >= 11 is 0. The molecule has 1 saturated heterocycles. The van der Waals surface area contributed by atoms with E-state index < -0.39 is 0 Å². The van der Waals surface area contributed by atoms with E-state index >= 15 is 0 Å². The average Bonchev–Trinajstić information content (AvgIpc) is 2.43. The maximum Gasteiger partial charge on any atom is 0.220 e. The molecule has 0 aromatic rings. The predicted molar refractivity (Wildman–Crippen MR) is 61.5 cm³/mol. The van der Waals surface area contributed by atoms with Gasteiger partial charge in [0.05, 0.1) is 0 Å². The van der Waals surface area contributed by atoms with Gasteiger partial charge in [-0.3, -0.25) is 4.79 Å². The zero-order valence-corrected chi connectivity index (χ0v) is 10.0. The van der Waals surface area contributed by atoms with Gasteiger partial charge in [0, 0.05) is 12.5 Å². The van der Waals surface area contributed by atoms with Crippen molar-refractivity contribution in [1.29, 1.82) is 0 Å². The molecule has 1 saturated carbocycles. The van der Waals surface area contributed by atoms with Crippen LogP contribution in [0, 0.1) is 11.3 Å². The minimum Gasteiger partial charge on any atom is -0.353 e. The van der Waals surface area contributed by atoms with E-state index in [0.29, 0.717) is 23.3 Å². The Bertz CT molecular complexity index is 241. The maximum atomic E-state index is 11.6. The van der Waals surface area contributed by atoms with Gasteiger partial charge in [0.2, 0.25) is 5.91 Å². The van der Waals surface area contributed by atoms with Crippen LogP contribution in [-0.2, 0) is 4.79 Å². The molecule has 1 aliphatic heterocycles. The zero-order chi connectivity index (χ0) is 10.9. The molecule has 1 N–H and O–H groups in total. The van der Waals surface area contributed by atoms with Crippen molar-refractivity contribution >= 4 is 5.91 Å². The van der Waals surface area contributed by atoms with Gasteiger partial charge in [-0.15, -0.1) is 0 Å². The van der Waals surface area contributed by atoms with E-state index in [9.17, 15) is 4.79 Å². The van der Waals surface area contributed by atoms with E-state index in [0.717, 1.165) is 12.8 Å². The molecule has 2 nitrogen and oxygen atoms in total. The molecule has 86 valence electrons. The van der Waals surface area contributed by atoms with Crippen molar-refractivity contribution in [3.63, 3.8) is 0 Å². The molecule has 2 aliphatic rings. The molecule has 0 radical (unpaired) electrons. The molecule has 2 fully saturated rings. The monoisotopic (exact) mass is 209 g/mol. The Morgan fingerprint density at radius 3 is 2.60 bits per heavy atom. The van der Waals surface area contributed by atoms with E-state index in [-0.39, 0.29) is 0 Å². The number of hydrogen-bond acceptors (Lipinski definition) is 1. The molecule has 15 heavy (non-hydrogen) atoms. The van der Waals surface area contributed by atoms with Gasteiger partial charge < -0.3 is 5.32 Å². The van der Waals surface area contributed by atoms with Gasteiger partial charge >= 0.3 is 0 Å². The minimum absolute atomic E-state index is 0.294. The number of rotatable bonds is 2. The molecule has 1 unspecified atom stereocenters. The summed E-state index contributed by atoms with van der Waals surface area (Å²) in [4.78, 5) is 11.6. The number of hydrogen-bond donors (Lipinski definition) is 1. The second-order valence-electron chi connectivity index (χ2n) is 5.85. The van der Waals surface area contributed by atoms with Crippen LogP contribution in [0.2, 0.25) is 0 Å². The Morgan fingerprint density at radius 1 is 1.33 bits per heavy atom. The SMILES string of the molecule is CC(C)CC1NC(=O)CC12CCCCC2. The summed E-state index contributed by atoms with van der Waals surface area (Å²) in [6.07, 6.45) is 8.50. The highest BCUT2D eigenvalue weighted by Gasteiger charge is 2.46. The molecule has 1 heterocycles. The van der Waals surface area contributed by atoms with Crippen LogP contribution in [0.15, 0.2) is 0 Å². The summed E-state index contributed by atoms with van der Waals surface area (Å²) in [7, 11) is 0. The molecule has 0 aromatic heterocycles. The van der Waals surface area contributed by atoms with Crippen LogP contribution in [0.3, 0.4) is 0 Å². The highest BCUT2D eigenvalue weighted by Crippen LogP contribution is 2.46. The van der Waals surface area contributed by atoms with Crippen LogP contribution in [0.25, 0.3) is 0 Å². The molecular formula is C13H23NO. The van der Waals surface area contributed by atoms with Crippen LogP contribution in [-0.4, -0.2) is 11.9 Å². The Hall–Kier alpha value is -0.530. The molecule has 2 heteroatoms. The molecule has 1 aliphatic carbocycles. The molecule has 1 atom stereocenters. The molecular weight excluding hydrogens is 186 g/mol. The summed E-state index contributed by atoms with van der Waals surface area (Å²) in [6, 6.07) is 0.463. The highest BCUT2D eigenvalue weighted by molar-refractivity contribution is 5.80. The van der Waals surface area contributed by atoms with E-state index in [2.05, 4.69) is 19.2 Å². The molecule has 1 amide bonds. The van der Waals surface area contributed by atoms with Gasteiger partial charge in [-0.25, -0.2) is 0 Å². The normalized spacial score (nSPS) is 29.8. The fraction of sp³-hybridized carbons (Fsp3) is 0.923. The summed E-state index contributed by atoms with van der Waals surface area (Å²) in [5.74, 6) is 0.981. The maximum absolute atomic E-state index is 11.6. The number of nitrogens with one attached hydrogen (secondary N) is 1. The molecule has 0 bridgehead atoms. The van der Waals surface area contributed by atoms with E-state index in [1.165, 1.54) is 32.1 Å². The van der Waals surface area contributed by atoms with Gasteiger partial charge in [-0.1, -0.05) is 33.1 Å². The lowest BCUT2D eigenvalue weighted by Gasteiger charge is -2.38. The summed E-state index contributed by atoms with van der Waals surface area (Å²) in [5.41, 5.74) is 0.333. The van der Waals surface area contributed by atoms with E-state index in [4.69, 9.17) is 0 Å². The second kappa shape index (κ2) is 4.15. The third-order valence-corrected chi connectivity index (χ3v) is 4.14. The topological polar surface area (TPSA) is 29.1 Å². The molecule has 0 aromatic carbocycles. The Balaban J connectivity index is 2.09. The zero-order valence-electron chi connectivity index (χ0n) is 10.0. The Morgan fingerprint density at radius 2 is 2.00 bits per heavy atom. The van der Waals surface area contributed by atoms with Gasteiger partial charge in [0.25, 0.3) is 0 Å². The van der Waals surface area contributed by atoms with Crippen molar-refractivity contribution in [1.82, 2.24) is 5.32 Å². The molecule has 1 spiro atoms. The average molecular weight is 209 g/mol. The fourth-order valence-corrected chi connectivity index (χ4v) is 3.40. The second-order valence-corrected chi connectivity index (χ2v) is 5.85. The lowest BCUT2D eigenvalue weighted by Crippen LogP contribution is -2.39. The highest BCUT2D eigenvalue weighted by atomic mass is 16.2. The summed E-state index contributed by atoms with van der Waals surface area (Å²) in [5, 5.41) is 3.21. The number of carbonyl (C=O) groups excluding carboxylic acids is 1. The first-order chi connectivity index (χ1) is 7.12. The van der Waals surface area contributed by atoms with Crippen LogP contribution < -0.4 is 5.32 Å². The van der Waals surface area contributed by atoms with Gasteiger partial charge in [0.1, 0.15) is 0 Å². The van der Waals surface area contributed by atoms with Gasteiger partial charge in [0.15, 0.2) is 0 Å². The van der Waals surface area contributed by atoms with Crippen molar-refractivity contribution in [2.24, 2.45) is 11.3 Å². The smallest absolute Gasteiger partial charge is 0.220 e. The standard InChI is InChI=1S/C13H23NO/c1-10(2)8-11-13(9-12(15)14-11)6-4-3-5-7-13/h10-11H,3-9H2,1-2H3,(H,14,15). The first-order valence-corrected chi connectivity index (χ1v) is 6.42. The fourth-order valence-electron chi connectivity index (χ4n) is 3.40. The van der Waals surface area contributed by atoms with Crippen molar-refractivity contribution in [3.05, 3.63) is 0 Å². The third-order valence-electron chi connectivity index (χ3n) is 4.14. The quantitative estimate of drug-likeness (QED) is 0.744. The Labute approximate surface area is 92.8 Å². The minimum atomic E-state index is 0.294. The van der Waals surface area contributed by atoms with Crippen LogP contribution in [0.5, 0.6) is 0 Å². The van der Waals surface area contributed by atoms with Crippen LogP contribution in [0.1, 0.15) is 58.8 Å². The van der Waals surface area contributed by atoms with E-state index in [1.807, 2.05) is 0 Å². The first kappa shape index (κ1) is 11.0. The summed E-state index contributed by atoms with van der Waals surface area (Å²) < 4.78 is 0. The first-order valence-electron chi connectivity index (χ1n) is 6.42. The number of amides is 1. The van der Waals surface area contributed by atoms with E-state index in [1.54, 1.807) is 0 Å². The predicted octanol–water partition coefficient (Wildman–Crippen LogP) is 2.87. The van der Waals surface area contributed by atoms with Crippen molar-refractivity contribution in [2.45, 2.75) is 64.8 Å². The van der Waals surface area contributed by atoms with Crippen LogP contribution >= 0.6 is 0 Å². The lowest BCUT2D eigenvalue weighted by molar-refractivity contribution is -0.119. The van der Waals surface area contributed by atoms with Crippen molar-refractivity contribution in [3.8, 4) is 0 Å². The van der Waals surface area contributed by atoms with Gasteiger partial charge in [-0.05, 0) is 30.6 Å². The summed E-state index contributed by atoms with van der Waals surface area (Å²) in [6.45, 7) is 4.50.